The summed E-state index contributed by atoms with van der Waals surface area (Å²) < 4.78 is 0. The van der Waals surface area contributed by atoms with E-state index in [0.29, 0.717) is 12.8 Å². The third-order valence-corrected chi connectivity index (χ3v) is 2.88. The summed E-state index contributed by atoms with van der Waals surface area (Å²) in [6.45, 7) is 5.99. The largest absolute Gasteiger partial charge is 0.481 e. The normalized spacial score (nSPS) is 15.6. The molecule has 0 heterocycles. The van der Waals surface area contributed by atoms with Crippen LogP contribution in [0.3, 0.4) is 0 Å². The van der Waals surface area contributed by atoms with Gasteiger partial charge in [-0.2, -0.15) is 0 Å². The van der Waals surface area contributed by atoms with Crippen molar-refractivity contribution in [1.29, 1.82) is 0 Å². The second-order valence-corrected chi connectivity index (χ2v) is 3.82. The summed E-state index contributed by atoms with van der Waals surface area (Å²) in [5, 5.41) is 9.24. The lowest BCUT2D eigenvalue weighted by atomic mass is 9.77. The first-order chi connectivity index (χ1) is 6.63. The Morgan fingerprint density at radius 2 is 2.07 bits per heavy atom. The maximum Gasteiger partial charge on any atom is 0.309 e. The molecule has 0 bridgehead atoms. The zero-order chi connectivity index (χ0) is 11.0. The maximum absolute atomic E-state index is 11.2. The van der Waals surface area contributed by atoms with E-state index in [1.54, 1.807) is 0 Å². The van der Waals surface area contributed by atoms with Crippen molar-refractivity contribution in [2.75, 3.05) is 0 Å². The summed E-state index contributed by atoms with van der Waals surface area (Å²) in [5.74, 6) is -0.647. The fourth-order valence-corrected chi connectivity index (χ4v) is 1.63. The molecule has 0 spiro atoms. The van der Waals surface area contributed by atoms with E-state index in [4.69, 9.17) is 0 Å². The topological polar surface area (TPSA) is 37.3 Å². The molecular formula is C12H22O2. The molecule has 0 aliphatic carbocycles. The first kappa shape index (κ1) is 13.2. The molecule has 0 radical (unpaired) electrons. The standard InChI is InChI=1S/C12H22O2/c1-4-7-9-12(6-3,11(13)14)10-8-5-2/h4,7H,5-6,8-10H2,1-3H3,(H,13,14). The molecule has 0 aromatic rings. The van der Waals surface area contributed by atoms with Gasteiger partial charge in [0.25, 0.3) is 0 Å². The number of carbonyl (C=O) groups is 1. The number of hydrogen-bond donors (Lipinski definition) is 1. The zero-order valence-electron chi connectivity index (χ0n) is 9.55. The molecule has 2 nitrogen and oxygen atoms in total. The van der Waals surface area contributed by atoms with Crippen molar-refractivity contribution in [2.24, 2.45) is 5.41 Å². The van der Waals surface area contributed by atoms with Crippen LogP contribution < -0.4 is 0 Å². The summed E-state index contributed by atoms with van der Waals surface area (Å²) in [5.41, 5.74) is -0.525. The van der Waals surface area contributed by atoms with Crippen molar-refractivity contribution < 1.29 is 9.90 Å². The minimum absolute atomic E-state index is 0.525. The molecule has 82 valence electrons. The average molecular weight is 198 g/mol. The summed E-state index contributed by atoms with van der Waals surface area (Å²) in [7, 11) is 0. The summed E-state index contributed by atoms with van der Waals surface area (Å²) >= 11 is 0. The Morgan fingerprint density at radius 1 is 1.43 bits per heavy atom. The van der Waals surface area contributed by atoms with Gasteiger partial charge in [0.1, 0.15) is 0 Å². The second kappa shape index (κ2) is 6.63. The van der Waals surface area contributed by atoms with E-state index >= 15 is 0 Å². The SMILES string of the molecule is CC=CCC(CC)(CCCC)C(=O)O. The molecule has 0 aromatic carbocycles. The van der Waals surface area contributed by atoms with E-state index in [-0.39, 0.29) is 0 Å². The van der Waals surface area contributed by atoms with Gasteiger partial charge in [-0.1, -0.05) is 38.8 Å². The maximum atomic E-state index is 11.2. The third-order valence-electron chi connectivity index (χ3n) is 2.88. The van der Waals surface area contributed by atoms with Gasteiger partial charge in [0.15, 0.2) is 0 Å². The predicted octanol–water partition coefficient (Wildman–Crippen LogP) is 3.62. The lowest BCUT2D eigenvalue weighted by Gasteiger charge is -2.26. The van der Waals surface area contributed by atoms with Gasteiger partial charge in [0, 0.05) is 0 Å². The second-order valence-electron chi connectivity index (χ2n) is 3.82. The van der Waals surface area contributed by atoms with Crippen molar-refractivity contribution in [3.63, 3.8) is 0 Å². The Bertz CT molecular complexity index is 196. The summed E-state index contributed by atoms with van der Waals surface area (Å²) in [6, 6.07) is 0. The lowest BCUT2D eigenvalue weighted by Crippen LogP contribution is -2.29. The number of unbranched alkanes of at least 4 members (excludes halogenated alkanes) is 1. The quantitative estimate of drug-likeness (QED) is 0.634. The number of carboxylic acids is 1. The van der Waals surface area contributed by atoms with E-state index in [0.717, 1.165) is 19.3 Å². The highest BCUT2D eigenvalue weighted by molar-refractivity contribution is 5.74. The van der Waals surface area contributed by atoms with Crippen molar-refractivity contribution in [1.82, 2.24) is 0 Å². The van der Waals surface area contributed by atoms with Gasteiger partial charge in [-0.25, -0.2) is 0 Å². The van der Waals surface area contributed by atoms with E-state index in [2.05, 4.69) is 6.92 Å². The van der Waals surface area contributed by atoms with Crippen molar-refractivity contribution in [3.05, 3.63) is 12.2 Å². The molecule has 14 heavy (non-hydrogen) atoms. The van der Waals surface area contributed by atoms with Gasteiger partial charge < -0.3 is 5.11 Å². The zero-order valence-corrected chi connectivity index (χ0v) is 9.55. The summed E-state index contributed by atoms with van der Waals surface area (Å²) in [4.78, 5) is 11.2. The van der Waals surface area contributed by atoms with Gasteiger partial charge in [-0.05, 0) is 26.2 Å². The number of allylic oxidation sites excluding steroid dienone is 2. The molecule has 1 atom stereocenters. The Labute approximate surface area is 87.0 Å². The van der Waals surface area contributed by atoms with Crippen molar-refractivity contribution in [2.45, 2.75) is 52.9 Å². The first-order valence-electron chi connectivity index (χ1n) is 5.47. The molecule has 0 amide bonds. The molecule has 0 aliphatic heterocycles. The molecule has 1 N–H and O–H groups in total. The van der Waals surface area contributed by atoms with Crippen LogP contribution in [0.2, 0.25) is 0 Å². The minimum Gasteiger partial charge on any atom is -0.481 e. The first-order valence-corrected chi connectivity index (χ1v) is 5.47. The predicted molar refractivity (Wildman–Crippen MR) is 59.3 cm³/mol. The Balaban J connectivity index is 4.51. The van der Waals surface area contributed by atoms with Crippen LogP contribution in [0.4, 0.5) is 0 Å². The summed E-state index contributed by atoms with van der Waals surface area (Å²) in [6.07, 6.45) is 8.12. The Kier molecular flexibility index (Phi) is 6.26. The van der Waals surface area contributed by atoms with Crippen LogP contribution >= 0.6 is 0 Å². The van der Waals surface area contributed by atoms with Gasteiger partial charge >= 0.3 is 5.97 Å². The number of aliphatic carboxylic acids is 1. The molecule has 0 aromatic heterocycles. The van der Waals surface area contributed by atoms with Crippen LogP contribution in [0.25, 0.3) is 0 Å². The smallest absolute Gasteiger partial charge is 0.309 e. The van der Waals surface area contributed by atoms with E-state index in [9.17, 15) is 9.90 Å². The lowest BCUT2D eigenvalue weighted by molar-refractivity contribution is -0.149. The Hall–Kier alpha value is -0.790. The molecule has 0 aliphatic rings. The number of hydrogen-bond acceptors (Lipinski definition) is 1. The molecule has 0 fully saturated rings. The molecule has 0 rings (SSSR count). The molecule has 0 saturated carbocycles. The Morgan fingerprint density at radius 3 is 2.43 bits per heavy atom. The monoisotopic (exact) mass is 198 g/mol. The van der Waals surface area contributed by atoms with Crippen LogP contribution in [-0.4, -0.2) is 11.1 Å². The van der Waals surface area contributed by atoms with Crippen molar-refractivity contribution >= 4 is 5.97 Å². The van der Waals surface area contributed by atoms with Crippen LogP contribution in [-0.2, 0) is 4.79 Å². The van der Waals surface area contributed by atoms with Gasteiger partial charge in [0.2, 0.25) is 0 Å². The highest BCUT2D eigenvalue weighted by Crippen LogP contribution is 2.33. The van der Waals surface area contributed by atoms with E-state index < -0.39 is 11.4 Å². The van der Waals surface area contributed by atoms with Gasteiger partial charge in [-0.3, -0.25) is 4.79 Å². The fourth-order valence-electron chi connectivity index (χ4n) is 1.63. The number of rotatable bonds is 7. The van der Waals surface area contributed by atoms with Crippen LogP contribution in [0, 0.1) is 5.41 Å². The van der Waals surface area contributed by atoms with Crippen LogP contribution in [0.15, 0.2) is 12.2 Å². The van der Waals surface area contributed by atoms with Gasteiger partial charge in [0.05, 0.1) is 5.41 Å². The highest BCUT2D eigenvalue weighted by atomic mass is 16.4. The van der Waals surface area contributed by atoms with E-state index in [1.165, 1.54) is 0 Å². The molecular weight excluding hydrogens is 176 g/mol. The van der Waals surface area contributed by atoms with Crippen molar-refractivity contribution in [3.8, 4) is 0 Å². The van der Waals surface area contributed by atoms with Gasteiger partial charge in [-0.15, -0.1) is 0 Å². The average Bonchev–Trinajstić information content (AvgIpc) is 2.18. The molecule has 2 heteroatoms. The van der Waals surface area contributed by atoms with Crippen LogP contribution in [0.5, 0.6) is 0 Å². The molecule has 0 saturated heterocycles. The number of carboxylic acid groups (broad SMARTS) is 1. The highest BCUT2D eigenvalue weighted by Gasteiger charge is 2.34. The minimum atomic E-state index is -0.647. The van der Waals surface area contributed by atoms with Crippen LogP contribution in [0.1, 0.15) is 52.9 Å². The fraction of sp³-hybridized carbons (Fsp3) is 0.750. The van der Waals surface area contributed by atoms with E-state index in [1.807, 2.05) is 26.0 Å². The molecule has 1 unspecified atom stereocenters. The third kappa shape index (κ3) is 3.52.